The van der Waals surface area contributed by atoms with Crippen LogP contribution in [0.2, 0.25) is 0 Å². The summed E-state index contributed by atoms with van der Waals surface area (Å²) in [5.74, 6) is 1.06. The first-order valence-corrected chi connectivity index (χ1v) is 6.30. The van der Waals surface area contributed by atoms with Crippen LogP contribution in [0.25, 0.3) is 0 Å². The van der Waals surface area contributed by atoms with Gasteiger partial charge in [-0.25, -0.2) is 0 Å². The number of amides is 1. The van der Waals surface area contributed by atoms with Crippen LogP contribution in [-0.2, 0) is 11.3 Å². The zero-order chi connectivity index (χ0) is 14.3. The maximum absolute atomic E-state index is 11.5. The molecule has 0 aliphatic carbocycles. The van der Waals surface area contributed by atoms with Crippen molar-refractivity contribution >= 4 is 5.91 Å². The lowest BCUT2D eigenvalue weighted by Crippen LogP contribution is -2.34. The van der Waals surface area contributed by atoms with Crippen molar-refractivity contribution in [1.82, 2.24) is 10.6 Å². The molecule has 0 aliphatic rings. The summed E-state index contributed by atoms with van der Waals surface area (Å²) in [6.45, 7) is 4.56. The molecular weight excluding hydrogens is 244 g/mol. The van der Waals surface area contributed by atoms with Crippen molar-refractivity contribution < 1.29 is 14.3 Å². The Balaban J connectivity index is 2.65. The van der Waals surface area contributed by atoms with E-state index >= 15 is 0 Å². The van der Waals surface area contributed by atoms with E-state index in [0.29, 0.717) is 11.5 Å². The van der Waals surface area contributed by atoms with Crippen molar-refractivity contribution in [1.29, 1.82) is 0 Å². The SMILES string of the molecule is CNCc1ccc(OCC(=O)NC(C)C)c(OC)c1. The fourth-order valence-corrected chi connectivity index (χ4v) is 1.65. The minimum Gasteiger partial charge on any atom is -0.493 e. The van der Waals surface area contributed by atoms with E-state index in [2.05, 4.69) is 10.6 Å². The topological polar surface area (TPSA) is 59.6 Å². The summed E-state index contributed by atoms with van der Waals surface area (Å²) in [6, 6.07) is 5.76. The fourth-order valence-electron chi connectivity index (χ4n) is 1.65. The highest BCUT2D eigenvalue weighted by atomic mass is 16.5. The number of hydrogen-bond donors (Lipinski definition) is 2. The second kappa shape index (κ2) is 7.63. The molecule has 0 heterocycles. The second-order valence-electron chi connectivity index (χ2n) is 4.53. The van der Waals surface area contributed by atoms with Gasteiger partial charge in [-0.05, 0) is 38.6 Å². The Morgan fingerprint density at radius 2 is 2.05 bits per heavy atom. The summed E-state index contributed by atoms with van der Waals surface area (Å²) >= 11 is 0. The fraction of sp³-hybridized carbons (Fsp3) is 0.500. The van der Waals surface area contributed by atoms with Crippen molar-refractivity contribution in [3.8, 4) is 11.5 Å². The van der Waals surface area contributed by atoms with E-state index in [0.717, 1.165) is 12.1 Å². The molecular formula is C14H22N2O3. The number of rotatable bonds is 7. The van der Waals surface area contributed by atoms with Gasteiger partial charge < -0.3 is 20.1 Å². The van der Waals surface area contributed by atoms with Crippen LogP contribution in [0, 0.1) is 0 Å². The molecule has 0 aliphatic heterocycles. The highest BCUT2D eigenvalue weighted by molar-refractivity contribution is 5.77. The molecule has 0 unspecified atom stereocenters. The zero-order valence-corrected chi connectivity index (χ0v) is 11.9. The van der Waals surface area contributed by atoms with Crippen LogP contribution in [0.4, 0.5) is 0 Å². The Morgan fingerprint density at radius 1 is 1.32 bits per heavy atom. The average molecular weight is 266 g/mol. The van der Waals surface area contributed by atoms with E-state index in [1.807, 2.05) is 39.1 Å². The Morgan fingerprint density at radius 3 is 2.63 bits per heavy atom. The first-order chi connectivity index (χ1) is 9.06. The minimum atomic E-state index is -0.142. The molecule has 106 valence electrons. The number of hydrogen-bond acceptors (Lipinski definition) is 4. The van der Waals surface area contributed by atoms with Crippen molar-refractivity contribution in [2.75, 3.05) is 20.8 Å². The summed E-state index contributed by atoms with van der Waals surface area (Å²) in [6.07, 6.45) is 0. The maximum atomic E-state index is 11.5. The monoisotopic (exact) mass is 266 g/mol. The van der Waals surface area contributed by atoms with Gasteiger partial charge in [0.2, 0.25) is 0 Å². The second-order valence-corrected chi connectivity index (χ2v) is 4.53. The molecule has 0 saturated heterocycles. The zero-order valence-electron chi connectivity index (χ0n) is 11.9. The number of methoxy groups -OCH3 is 1. The largest absolute Gasteiger partial charge is 0.493 e. The van der Waals surface area contributed by atoms with Gasteiger partial charge in [-0.3, -0.25) is 4.79 Å². The van der Waals surface area contributed by atoms with Gasteiger partial charge in [-0.15, -0.1) is 0 Å². The molecule has 0 saturated carbocycles. The molecule has 0 atom stereocenters. The molecule has 1 aromatic rings. The van der Waals surface area contributed by atoms with Crippen molar-refractivity contribution in [2.45, 2.75) is 26.4 Å². The van der Waals surface area contributed by atoms with Gasteiger partial charge in [0.05, 0.1) is 7.11 Å². The molecule has 0 fully saturated rings. The number of carbonyl (C=O) groups is 1. The molecule has 1 aromatic carbocycles. The quantitative estimate of drug-likeness (QED) is 0.781. The summed E-state index contributed by atoms with van der Waals surface area (Å²) in [7, 11) is 3.46. The van der Waals surface area contributed by atoms with Crippen LogP contribution >= 0.6 is 0 Å². The molecule has 0 bridgehead atoms. The van der Waals surface area contributed by atoms with E-state index in [4.69, 9.17) is 9.47 Å². The molecule has 0 spiro atoms. The van der Waals surface area contributed by atoms with Crippen LogP contribution < -0.4 is 20.1 Å². The third-order valence-electron chi connectivity index (χ3n) is 2.42. The van der Waals surface area contributed by atoms with Crippen molar-refractivity contribution in [3.63, 3.8) is 0 Å². The summed E-state index contributed by atoms with van der Waals surface area (Å²) < 4.78 is 10.7. The van der Waals surface area contributed by atoms with Crippen molar-refractivity contribution in [3.05, 3.63) is 23.8 Å². The van der Waals surface area contributed by atoms with Gasteiger partial charge in [0.25, 0.3) is 5.91 Å². The van der Waals surface area contributed by atoms with E-state index in [1.165, 1.54) is 0 Å². The Labute approximate surface area is 114 Å². The van der Waals surface area contributed by atoms with Gasteiger partial charge in [-0.2, -0.15) is 0 Å². The standard InChI is InChI=1S/C14H22N2O3/c1-10(2)16-14(17)9-19-12-6-5-11(8-15-3)7-13(12)18-4/h5-7,10,15H,8-9H2,1-4H3,(H,16,17). The lowest BCUT2D eigenvalue weighted by atomic mass is 10.2. The average Bonchev–Trinajstić information content (AvgIpc) is 2.36. The molecule has 0 aromatic heterocycles. The lowest BCUT2D eigenvalue weighted by Gasteiger charge is -2.13. The molecule has 1 amide bonds. The van der Waals surface area contributed by atoms with Crippen LogP contribution in [0.3, 0.4) is 0 Å². The van der Waals surface area contributed by atoms with E-state index in [9.17, 15) is 4.79 Å². The molecule has 19 heavy (non-hydrogen) atoms. The molecule has 5 heteroatoms. The summed E-state index contributed by atoms with van der Waals surface area (Å²) in [4.78, 5) is 11.5. The van der Waals surface area contributed by atoms with Crippen LogP contribution in [-0.4, -0.2) is 32.7 Å². The Kier molecular flexibility index (Phi) is 6.15. The molecule has 5 nitrogen and oxygen atoms in total. The third-order valence-corrected chi connectivity index (χ3v) is 2.42. The normalized spacial score (nSPS) is 10.4. The summed E-state index contributed by atoms with van der Waals surface area (Å²) in [5, 5.41) is 5.83. The van der Waals surface area contributed by atoms with E-state index < -0.39 is 0 Å². The van der Waals surface area contributed by atoms with Gasteiger partial charge >= 0.3 is 0 Å². The van der Waals surface area contributed by atoms with Gasteiger partial charge in [0, 0.05) is 12.6 Å². The predicted octanol–water partition coefficient (Wildman–Crippen LogP) is 1.32. The number of nitrogens with one attached hydrogen (secondary N) is 2. The lowest BCUT2D eigenvalue weighted by molar-refractivity contribution is -0.123. The number of benzene rings is 1. The van der Waals surface area contributed by atoms with Gasteiger partial charge in [0.1, 0.15) is 0 Å². The van der Waals surface area contributed by atoms with Crippen LogP contribution in [0.1, 0.15) is 19.4 Å². The maximum Gasteiger partial charge on any atom is 0.258 e. The van der Waals surface area contributed by atoms with Crippen LogP contribution in [0.15, 0.2) is 18.2 Å². The molecule has 2 N–H and O–H groups in total. The van der Waals surface area contributed by atoms with Crippen molar-refractivity contribution in [2.24, 2.45) is 0 Å². The molecule has 1 rings (SSSR count). The number of carbonyl (C=O) groups excluding carboxylic acids is 1. The van der Waals surface area contributed by atoms with E-state index in [1.54, 1.807) is 7.11 Å². The smallest absolute Gasteiger partial charge is 0.258 e. The summed E-state index contributed by atoms with van der Waals surface area (Å²) in [5.41, 5.74) is 1.10. The van der Waals surface area contributed by atoms with E-state index in [-0.39, 0.29) is 18.6 Å². The first-order valence-electron chi connectivity index (χ1n) is 6.30. The van der Waals surface area contributed by atoms with Crippen LogP contribution in [0.5, 0.6) is 11.5 Å². The Bertz CT molecular complexity index is 419. The third kappa shape index (κ3) is 5.18. The van der Waals surface area contributed by atoms with Gasteiger partial charge in [-0.1, -0.05) is 6.07 Å². The Hall–Kier alpha value is -1.75. The highest BCUT2D eigenvalue weighted by Crippen LogP contribution is 2.27. The molecule has 0 radical (unpaired) electrons. The first kappa shape index (κ1) is 15.3. The minimum absolute atomic E-state index is 0.0140. The van der Waals surface area contributed by atoms with Gasteiger partial charge in [0.15, 0.2) is 18.1 Å². The predicted molar refractivity (Wildman–Crippen MR) is 74.5 cm³/mol. The number of ether oxygens (including phenoxy) is 2. The highest BCUT2D eigenvalue weighted by Gasteiger charge is 2.09.